The molecule has 25 heavy (non-hydrogen) atoms. The molecule has 1 aromatic rings. The van der Waals surface area contributed by atoms with E-state index in [2.05, 4.69) is 4.72 Å². The first-order chi connectivity index (χ1) is 11.6. The van der Waals surface area contributed by atoms with E-state index in [9.17, 15) is 18.0 Å². The van der Waals surface area contributed by atoms with Crippen molar-refractivity contribution in [2.24, 2.45) is 0 Å². The molecular formula is C16H24N2O6S. The average molecular weight is 372 g/mol. The monoisotopic (exact) mass is 372 g/mol. The van der Waals surface area contributed by atoms with Gasteiger partial charge in [0.1, 0.15) is 11.5 Å². The predicted molar refractivity (Wildman–Crippen MR) is 94.1 cm³/mol. The van der Waals surface area contributed by atoms with Gasteiger partial charge in [0.15, 0.2) is 0 Å². The van der Waals surface area contributed by atoms with E-state index in [0.717, 1.165) is 0 Å². The van der Waals surface area contributed by atoms with Crippen LogP contribution in [0.5, 0.6) is 5.75 Å². The van der Waals surface area contributed by atoms with Gasteiger partial charge in [-0.05, 0) is 44.5 Å². The van der Waals surface area contributed by atoms with Crippen LogP contribution in [0.1, 0.15) is 26.7 Å². The number of carbonyl (C=O) groups excluding carboxylic acids is 1. The number of nitrogens with one attached hydrogen (secondary N) is 1. The van der Waals surface area contributed by atoms with Gasteiger partial charge in [0.25, 0.3) is 0 Å². The zero-order valence-corrected chi connectivity index (χ0v) is 15.4. The van der Waals surface area contributed by atoms with Crippen LogP contribution < -0.4 is 9.46 Å². The number of sulfonamides is 1. The number of hydrogen-bond donors (Lipinski definition) is 2. The Labute approximate surface area is 147 Å². The summed E-state index contributed by atoms with van der Waals surface area (Å²) in [6.45, 7) is 3.95. The summed E-state index contributed by atoms with van der Waals surface area (Å²) in [6.07, 6.45) is 0.201. The van der Waals surface area contributed by atoms with Gasteiger partial charge in [-0.2, -0.15) is 0 Å². The molecule has 1 amide bonds. The fraction of sp³-hybridized carbons (Fsp3) is 0.500. The van der Waals surface area contributed by atoms with Gasteiger partial charge in [-0.25, -0.2) is 8.42 Å². The predicted octanol–water partition coefficient (Wildman–Crippen LogP) is 1.54. The largest absolute Gasteiger partial charge is 0.491 e. The maximum Gasteiger partial charge on any atom is 0.303 e. The van der Waals surface area contributed by atoms with Gasteiger partial charge in [-0.3, -0.25) is 14.3 Å². The normalized spacial score (nSPS) is 11.2. The quantitative estimate of drug-likeness (QED) is 0.644. The molecule has 0 unspecified atom stereocenters. The molecule has 0 aliphatic heterocycles. The fourth-order valence-corrected chi connectivity index (χ4v) is 3.07. The molecule has 2 N–H and O–H groups in total. The van der Waals surface area contributed by atoms with Crippen LogP contribution in [0.15, 0.2) is 24.3 Å². The van der Waals surface area contributed by atoms with Crippen LogP contribution in [-0.4, -0.2) is 55.7 Å². The molecule has 0 spiro atoms. The summed E-state index contributed by atoms with van der Waals surface area (Å²) in [5.74, 6) is -1.65. The molecule has 0 aromatic heterocycles. The topological polar surface area (TPSA) is 113 Å². The molecule has 140 valence electrons. The van der Waals surface area contributed by atoms with Gasteiger partial charge in [-0.1, -0.05) is 0 Å². The van der Waals surface area contributed by atoms with Crippen LogP contribution in [0.25, 0.3) is 0 Å². The Hall–Kier alpha value is -2.29. The minimum atomic E-state index is -3.85. The maximum atomic E-state index is 12.1. The lowest BCUT2D eigenvalue weighted by Crippen LogP contribution is -2.35. The summed E-state index contributed by atoms with van der Waals surface area (Å²) in [5.41, 5.74) is 0.331. The van der Waals surface area contributed by atoms with Gasteiger partial charge in [0, 0.05) is 25.7 Å². The second kappa shape index (κ2) is 9.26. The molecule has 0 saturated carbocycles. The van der Waals surface area contributed by atoms with Crippen molar-refractivity contribution in [3.05, 3.63) is 24.3 Å². The lowest BCUT2D eigenvalue weighted by atomic mass is 10.3. The third-order valence-electron chi connectivity index (χ3n) is 3.12. The number of benzene rings is 1. The van der Waals surface area contributed by atoms with Crippen molar-refractivity contribution in [2.45, 2.75) is 32.8 Å². The minimum Gasteiger partial charge on any atom is -0.491 e. The van der Waals surface area contributed by atoms with E-state index >= 15 is 0 Å². The molecule has 0 radical (unpaired) electrons. The van der Waals surface area contributed by atoms with Crippen LogP contribution >= 0.6 is 0 Å². The first-order valence-electron chi connectivity index (χ1n) is 7.82. The Balaban J connectivity index is 2.57. The van der Waals surface area contributed by atoms with Crippen LogP contribution in [-0.2, 0) is 19.6 Å². The molecule has 0 atom stereocenters. The van der Waals surface area contributed by atoms with Crippen molar-refractivity contribution in [3.63, 3.8) is 0 Å². The van der Waals surface area contributed by atoms with E-state index in [1.165, 1.54) is 11.9 Å². The van der Waals surface area contributed by atoms with Gasteiger partial charge >= 0.3 is 5.97 Å². The lowest BCUT2D eigenvalue weighted by Gasteiger charge is -2.17. The zero-order valence-electron chi connectivity index (χ0n) is 14.6. The van der Waals surface area contributed by atoms with E-state index in [4.69, 9.17) is 9.84 Å². The molecule has 1 aromatic carbocycles. The first kappa shape index (κ1) is 20.8. The number of nitrogens with zero attached hydrogens (tertiary/aromatic N) is 1. The molecule has 0 aliphatic carbocycles. The van der Waals surface area contributed by atoms with Gasteiger partial charge in [0.2, 0.25) is 15.9 Å². The smallest absolute Gasteiger partial charge is 0.303 e. The number of carbonyl (C=O) groups is 2. The summed E-state index contributed by atoms with van der Waals surface area (Å²) in [4.78, 5) is 23.6. The Bertz CT molecular complexity index is 685. The van der Waals surface area contributed by atoms with E-state index in [0.29, 0.717) is 11.4 Å². The highest BCUT2D eigenvalue weighted by molar-refractivity contribution is 7.93. The van der Waals surface area contributed by atoms with Crippen LogP contribution in [0.3, 0.4) is 0 Å². The van der Waals surface area contributed by atoms with Crippen LogP contribution in [0.4, 0.5) is 5.69 Å². The number of aliphatic carboxylic acids is 1. The summed E-state index contributed by atoms with van der Waals surface area (Å²) in [7, 11) is -2.41. The maximum absolute atomic E-state index is 12.1. The third kappa shape index (κ3) is 8.39. The van der Waals surface area contributed by atoms with Crippen molar-refractivity contribution < 1.29 is 27.9 Å². The number of carboxylic acid groups (broad SMARTS) is 1. The number of rotatable bonds is 10. The minimum absolute atomic E-state index is 0.0110. The molecule has 0 bridgehead atoms. The number of amides is 1. The second-order valence-electron chi connectivity index (χ2n) is 5.86. The molecule has 0 heterocycles. The summed E-state index contributed by atoms with van der Waals surface area (Å²) >= 11 is 0. The zero-order chi connectivity index (χ0) is 19.0. The Morgan fingerprint density at radius 2 is 1.84 bits per heavy atom. The molecule has 8 nitrogen and oxygen atoms in total. The highest BCUT2D eigenvalue weighted by atomic mass is 32.2. The number of carboxylic acids is 1. The number of hydrogen-bond acceptors (Lipinski definition) is 5. The van der Waals surface area contributed by atoms with Crippen molar-refractivity contribution in [1.82, 2.24) is 4.90 Å². The lowest BCUT2D eigenvalue weighted by molar-refractivity contribution is -0.137. The number of ether oxygens (including phenoxy) is 1. The van der Waals surface area contributed by atoms with Gasteiger partial charge < -0.3 is 14.7 Å². The van der Waals surface area contributed by atoms with E-state index in [-0.39, 0.29) is 25.5 Å². The molecule has 0 saturated heterocycles. The summed E-state index contributed by atoms with van der Waals surface area (Å²) in [5, 5.41) is 8.56. The molecule has 0 aliphatic rings. The second-order valence-corrected chi connectivity index (χ2v) is 7.59. The van der Waals surface area contributed by atoms with Crippen molar-refractivity contribution in [2.75, 3.05) is 24.1 Å². The highest BCUT2D eigenvalue weighted by Crippen LogP contribution is 2.18. The van der Waals surface area contributed by atoms with Crippen molar-refractivity contribution >= 4 is 27.6 Å². The van der Waals surface area contributed by atoms with Crippen molar-refractivity contribution in [3.8, 4) is 5.75 Å². The Morgan fingerprint density at radius 3 is 2.36 bits per heavy atom. The van der Waals surface area contributed by atoms with E-state index in [1.807, 2.05) is 13.8 Å². The van der Waals surface area contributed by atoms with Crippen LogP contribution in [0.2, 0.25) is 0 Å². The average Bonchev–Trinajstić information content (AvgIpc) is 2.47. The summed E-state index contributed by atoms with van der Waals surface area (Å²) < 4.78 is 32.0. The highest BCUT2D eigenvalue weighted by Gasteiger charge is 2.19. The van der Waals surface area contributed by atoms with Gasteiger partial charge in [-0.15, -0.1) is 0 Å². The SMILES string of the molecule is CC(C)Oc1ccc(NS(=O)(=O)CC(=O)N(C)CCCC(=O)O)cc1. The Kier molecular flexibility index (Phi) is 7.69. The first-order valence-corrected chi connectivity index (χ1v) is 9.47. The van der Waals surface area contributed by atoms with E-state index < -0.39 is 27.7 Å². The third-order valence-corrected chi connectivity index (χ3v) is 4.30. The number of anilines is 1. The standard InChI is InChI=1S/C16H24N2O6S/c1-12(2)24-14-8-6-13(7-9-14)17-25(22,23)11-15(19)18(3)10-4-5-16(20)21/h6-9,12,17H,4-5,10-11H2,1-3H3,(H,20,21). The van der Waals surface area contributed by atoms with Crippen molar-refractivity contribution in [1.29, 1.82) is 0 Å². The molecular weight excluding hydrogens is 348 g/mol. The fourth-order valence-electron chi connectivity index (χ4n) is 1.95. The van der Waals surface area contributed by atoms with Crippen LogP contribution in [0, 0.1) is 0 Å². The molecule has 0 fully saturated rings. The Morgan fingerprint density at radius 1 is 1.24 bits per heavy atom. The molecule has 1 rings (SSSR count). The van der Waals surface area contributed by atoms with Gasteiger partial charge in [0.05, 0.1) is 6.10 Å². The summed E-state index contributed by atoms with van der Waals surface area (Å²) in [6, 6.07) is 6.38. The molecule has 9 heteroatoms. The van der Waals surface area contributed by atoms with E-state index in [1.54, 1.807) is 24.3 Å².